The molecule has 184 valence electrons. The Bertz CT molecular complexity index is 1290. The number of alkyl halides is 3. The summed E-state index contributed by atoms with van der Waals surface area (Å²) in [6, 6.07) is 10.3. The summed E-state index contributed by atoms with van der Waals surface area (Å²) >= 11 is 6.13. The summed E-state index contributed by atoms with van der Waals surface area (Å²) in [6.45, 7) is 7.69. The molecule has 0 saturated heterocycles. The van der Waals surface area contributed by atoms with Gasteiger partial charge in [0.2, 0.25) is 0 Å². The number of Topliss-reactive ketones (excluding diaryl/α,β-unsaturated/α-hetero) is 1. The summed E-state index contributed by atoms with van der Waals surface area (Å²) in [5.74, 6) is -1.32. The van der Waals surface area contributed by atoms with Gasteiger partial charge in [-0.15, -0.1) is 0 Å². The third kappa shape index (κ3) is 4.87. The van der Waals surface area contributed by atoms with Crippen molar-refractivity contribution in [2.45, 2.75) is 52.6 Å². The van der Waals surface area contributed by atoms with Crippen LogP contribution in [0.1, 0.15) is 56.2 Å². The number of ketones is 1. The van der Waals surface area contributed by atoms with Gasteiger partial charge in [0.25, 0.3) is 5.91 Å². The summed E-state index contributed by atoms with van der Waals surface area (Å²) < 4.78 is 39.8. The molecule has 8 heteroatoms. The van der Waals surface area contributed by atoms with Gasteiger partial charge < -0.3 is 10.6 Å². The molecule has 1 aliphatic heterocycles. The van der Waals surface area contributed by atoms with E-state index in [-0.39, 0.29) is 27.5 Å². The van der Waals surface area contributed by atoms with Crippen molar-refractivity contribution in [3.05, 3.63) is 86.7 Å². The molecule has 4 nitrogen and oxygen atoms in total. The number of benzene rings is 2. The fourth-order valence-corrected chi connectivity index (χ4v) is 5.11. The first kappa shape index (κ1) is 25.0. The monoisotopic (exact) mass is 502 g/mol. The molecule has 0 radical (unpaired) electrons. The molecule has 1 aliphatic carbocycles. The van der Waals surface area contributed by atoms with Crippen molar-refractivity contribution in [2.24, 2.45) is 5.41 Å². The lowest BCUT2D eigenvalue weighted by Crippen LogP contribution is -2.39. The van der Waals surface area contributed by atoms with E-state index < -0.39 is 23.6 Å². The molecule has 1 unspecified atom stereocenters. The van der Waals surface area contributed by atoms with E-state index in [0.29, 0.717) is 24.1 Å². The largest absolute Gasteiger partial charge is 0.416 e. The standard InChI is InChI=1S/C27H26ClF3N2O2/c1-14-7-5-6-8-17(14)23-22(15(2)32-20-12-26(3,4)13-21(34)24(20)23)25(35)33-19-11-16(27(29,30)31)9-10-18(19)28/h5-11,23,32H,12-13H2,1-4H3,(H,33,35). The first-order chi connectivity index (χ1) is 16.3. The van der Waals surface area contributed by atoms with Gasteiger partial charge in [-0.1, -0.05) is 49.7 Å². The fourth-order valence-electron chi connectivity index (χ4n) is 4.95. The maximum absolute atomic E-state index is 13.6. The first-order valence-electron chi connectivity index (χ1n) is 11.3. The van der Waals surface area contributed by atoms with Gasteiger partial charge in [0, 0.05) is 34.9 Å². The molecule has 35 heavy (non-hydrogen) atoms. The van der Waals surface area contributed by atoms with E-state index in [1.807, 2.05) is 45.0 Å². The zero-order valence-corrected chi connectivity index (χ0v) is 20.6. The second-order valence-electron chi connectivity index (χ2n) is 9.93. The summed E-state index contributed by atoms with van der Waals surface area (Å²) in [6.07, 6.45) is -3.61. The van der Waals surface area contributed by atoms with Crippen molar-refractivity contribution in [3.63, 3.8) is 0 Å². The number of allylic oxidation sites excluding steroid dienone is 3. The summed E-state index contributed by atoms with van der Waals surface area (Å²) in [7, 11) is 0. The second kappa shape index (κ2) is 8.86. The Labute approximate surface area is 207 Å². The third-order valence-corrected chi connectivity index (χ3v) is 6.86. The molecule has 4 rings (SSSR count). The van der Waals surface area contributed by atoms with Gasteiger partial charge in [-0.05, 0) is 55.0 Å². The van der Waals surface area contributed by atoms with Gasteiger partial charge in [-0.3, -0.25) is 9.59 Å². The SMILES string of the molecule is CC1=C(C(=O)Nc2cc(C(F)(F)F)ccc2Cl)C(c2ccccc2C)C2=C(CC(C)(C)CC2=O)N1. The van der Waals surface area contributed by atoms with Crippen molar-refractivity contribution in [1.82, 2.24) is 5.32 Å². The number of anilines is 1. The number of hydrogen-bond acceptors (Lipinski definition) is 3. The highest BCUT2D eigenvalue weighted by atomic mass is 35.5. The molecule has 1 amide bonds. The predicted octanol–water partition coefficient (Wildman–Crippen LogP) is 6.91. The van der Waals surface area contributed by atoms with Gasteiger partial charge in [-0.2, -0.15) is 13.2 Å². The van der Waals surface area contributed by atoms with E-state index in [4.69, 9.17) is 11.6 Å². The quantitative estimate of drug-likeness (QED) is 0.479. The zero-order chi connectivity index (χ0) is 25.7. The van der Waals surface area contributed by atoms with Crippen LogP contribution in [-0.2, 0) is 15.8 Å². The van der Waals surface area contributed by atoms with Gasteiger partial charge >= 0.3 is 6.18 Å². The van der Waals surface area contributed by atoms with E-state index >= 15 is 0 Å². The van der Waals surface area contributed by atoms with E-state index in [9.17, 15) is 22.8 Å². The minimum absolute atomic E-state index is 0.0174. The lowest BCUT2D eigenvalue weighted by molar-refractivity contribution is -0.137. The lowest BCUT2D eigenvalue weighted by atomic mass is 9.68. The van der Waals surface area contributed by atoms with Crippen molar-refractivity contribution < 1.29 is 22.8 Å². The number of hydrogen-bond donors (Lipinski definition) is 2. The average Bonchev–Trinajstić information content (AvgIpc) is 2.73. The minimum Gasteiger partial charge on any atom is -0.362 e. The van der Waals surface area contributed by atoms with Crippen molar-refractivity contribution in [3.8, 4) is 0 Å². The molecule has 2 aromatic rings. The number of rotatable bonds is 3. The number of amides is 1. The van der Waals surface area contributed by atoms with Crippen LogP contribution in [0.3, 0.4) is 0 Å². The molecule has 0 saturated carbocycles. The molecule has 2 aromatic carbocycles. The summed E-state index contributed by atoms with van der Waals surface area (Å²) in [5, 5.41) is 5.80. The number of carbonyl (C=O) groups excluding carboxylic acids is 2. The van der Waals surface area contributed by atoms with Crippen LogP contribution in [0.5, 0.6) is 0 Å². The first-order valence-corrected chi connectivity index (χ1v) is 11.6. The number of halogens is 4. The van der Waals surface area contributed by atoms with Crippen LogP contribution in [0, 0.1) is 12.3 Å². The lowest BCUT2D eigenvalue weighted by Gasteiger charge is -2.40. The maximum Gasteiger partial charge on any atom is 0.416 e. The maximum atomic E-state index is 13.6. The second-order valence-corrected chi connectivity index (χ2v) is 10.3. The smallest absolute Gasteiger partial charge is 0.362 e. The Hall–Kier alpha value is -3.06. The van der Waals surface area contributed by atoms with Crippen molar-refractivity contribution in [2.75, 3.05) is 5.32 Å². The average molecular weight is 503 g/mol. The van der Waals surface area contributed by atoms with Crippen molar-refractivity contribution in [1.29, 1.82) is 0 Å². The molecule has 0 aromatic heterocycles. The Morgan fingerprint density at radius 1 is 1.11 bits per heavy atom. The molecule has 0 fully saturated rings. The van der Waals surface area contributed by atoms with Gasteiger partial charge in [0.15, 0.2) is 5.78 Å². The highest BCUT2D eigenvalue weighted by Crippen LogP contribution is 2.47. The number of dihydropyridines is 1. The molecule has 0 spiro atoms. The molecular weight excluding hydrogens is 477 g/mol. The highest BCUT2D eigenvalue weighted by Gasteiger charge is 2.43. The van der Waals surface area contributed by atoms with Crippen LogP contribution in [0.25, 0.3) is 0 Å². The molecule has 2 aliphatic rings. The zero-order valence-electron chi connectivity index (χ0n) is 19.9. The number of nitrogens with one attached hydrogen (secondary N) is 2. The summed E-state index contributed by atoms with van der Waals surface area (Å²) in [5.41, 5.74) is 2.54. The van der Waals surface area contributed by atoms with Gasteiger partial charge in [0.05, 0.1) is 16.3 Å². The third-order valence-electron chi connectivity index (χ3n) is 6.53. The number of carbonyl (C=O) groups is 2. The summed E-state index contributed by atoms with van der Waals surface area (Å²) in [4.78, 5) is 27.0. The Kier molecular flexibility index (Phi) is 6.34. The normalized spacial score (nSPS) is 19.9. The Morgan fingerprint density at radius 2 is 1.80 bits per heavy atom. The number of aryl methyl sites for hydroxylation is 1. The van der Waals surface area contributed by atoms with E-state index in [2.05, 4.69) is 10.6 Å². The topological polar surface area (TPSA) is 58.2 Å². The Morgan fingerprint density at radius 3 is 2.46 bits per heavy atom. The van der Waals surface area contributed by atoms with Crippen LogP contribution in [0.2, 0.25) is 5.02 Å². The minimum atomic E-state index is -4.59. The van der Waals surface area contributed by atoms with Crippen molar-refractivity contribution >= 4 is 29.0 Å². The van der Waals surface area contributed by atoms with Crippen LogP contribution in [0.15, 0.2) is 65.0 Å². The predicted molar refractivity (Wildman–Crippen MR) is 130 cm³/mol. The Balaban J connectivity index is 1.81. The van der Waals surface area contributed by atoms with E-state index in [0.717, 1.165) is 35.0 Å². The van der Waals surface area contributed by atoms with Crippen LogP contribution in [-0.4, -0.2) is 11.7 Å². The fraction of sp³-hybridized carbons (Fsp3) is 0.333. The molecule has 1 atom stereocenters. The van der Waals surface area contributed by atoms with Gasteiger partial charge in [0.1, 0.15) is 0 Å². The molecular formula is C27H26ClF3N2O2. The van der Waals surface area contributed by atoms with Crippen LogP contribution in [0.4, 0.5) is 18.9 Å². The van der Waals surface area contributed by atoms with Gasteiger partial charge in [-0.25, -0.2) is 0 Å². The van der Waals surface area contributed by atoms with Crippen LogP contribution < -0.4 is 10.6 Å². The van der Waals surface area contributed by atoms with E-state index in [1.165, 1.54) is 0 Å². The highest BCUT2D eigenvalue weighted by molar-refractivity contribution is 6.34. The molecule has 2 N–H and O–H groups in total. The van der Waals surface area contributed by atoms with E-state index in [1.54, 1.807) is 6.92 Å². The molecule has 1 heterocycles. The van der Waals surface area contributed by atoms with Crippen LogP contribution >= 0.6 is 11.6 Å². The molecule has 0 bridgehead atoms.